The Hall–Kier alpha value is -2.16. The Kier molecular flexibility index (Phi) is 2.91. The minimum absolute atomic E-state index is 0.000697. The quantitative estimate of drug-likeness (QED) is 0.720. The lowest BCUT2D eigenvalue weighted by molar-refractivity contribution is 0.452. The van der Waals surface area contributed by atoms with E-state index in [0.29, 0.717) is 5.56 Å². The fourth-order valence-corrected chi connectivity index (χ4v) is 2.06. The number of aromatic hydroxyl groups is 3. The molecule has 0 aromatic heterocycles. The van der Waals surface area contributed by atoms with E-state index in [2.05, 4.69) is 0 Å². The van der Waals surface area contributed by atoms with E-state index >= 15 is 0 Å². The molecule has 0 unspecified atom stereocenters. The molecule has 18 heavy (non-hydrogen) atoms. The lowest BCUT2D eigenvalue weighted by atomic mass is 9.93. The lowest BCUT2D eigenvalue weighted by Crippen LogP contribution is -1.92. The van der Waals surface area contributed by atoms with Crippen molar-refractivity contribution in [2.45, 2.75) is 20.8 Å². The molecule has 0 saturated heterocycles. The second-order valence-corrected chi connectivity index (χ2v) is 4.52. The second kappa shape index (κ2) is 4.26. The predicted molar refractivity (Wildman–Crippen MR) is 71.1 cm³/mol. The molecule has 0 aliphatic carbocycles. The molecule has 2 aromatic rings. The van der Waals surface area contributed by atoms with Gasteiger partial charge < -0.3 is 15.3 Å². The fraction of sp³-hybridized carbons (Fsp3) is 0.200. The number of hydrogen-bond acceptors (Lipinski definition) is 3. The van der Waals surface area contributed by atoms with Gasteiger partial charge in [-0.1, -0.05) is 0 Å². The van der Waals surface area contributed by atoms with Gasteiger partial charge in [0, 0.05) is 11.6 Å². The van der Waals surface area contributed by atoms with Crippen LogP contribution < -0.4 is 0 Å². The molecule has 0 atom stereocenters. The molecule has 2 aromatic carbocycles. The van der Waals surface area contributed by atoms with Gasteiger partial charge in [-0.05, 0) is 61.2 Å². The van der Waals surface area contributed by atoms with Crippen molar-refractivity contribution in [2.75, 3.05) is 0 Å². The van der Waals surface area contributed by atoms with Crippen molar-refractivity contribution in [3.8, 4) is 28.4 Å². The van der Waals surface area contributed by atoms with Gasteiger partial charge in [0.2, 0.25) is 0 Å². The standard InChI is InChI=1S/C15H16O3/c1-8-9(2)13(7-14(17)10(8)3)12-5-4-11(16)6-15(12)18/h4-7,16-18H,1-3H3. The summed E-state index contributed by atoms with van der Waals surface area (Å²) >= 11 is 0. The molecular weight excluding hydrogens is 228 g/mol. The Bertz CT molecular complexity index is 616. The highest BCUT2D eigenvalue weighted by atomic mass is 16.3. The van der Waals surface area contributed by atoms with Crippen molar-refractivity contribution in [3.63, 3.8) is 0 Å². The zero-order chi connectivity index (χ0) is 13.4. The van der Waals surface area contributed by atoms with Gasteiger partial charge in [0.25, 0.3) is 0 Å². The third kappa shape index (κ3) is 1.88. The Balaban J connectivity index is 2.72. The topological polar surface area (TPSA) is 60.7 Å². The van der Waals surface area contributed by atoms with Crippen molar-refractivity contribution in [2.24, 2.45) is 0 Å². The second-order valence-electron chi connectivity index (χ2n) is 4.52. The summed E-state index contributed by atoms with van der Waals surface area (Å²) < 4.78 is 0. The van der Waals surface area contributed by atoms with Crippen LogP contribution in [0.15, 0.2) is 24.3 Å². The monoisotopic (exact) mass is 244 g/mol. The first-order valence-electron chi connectivity index (χ1n) is 5.74. The normalized spacial score (nSPS) is 10.6. The predicted octanol–water partition coefficient (Wildman–Crippen LogP) is 3.40. The molecule has 0 fully saturated rings. The molecule has 0 heterocycles. The Morgan fingerprint density at radius 3 is 1.94 bits per heavy atom. The lowest BCUT2D eigenvalue weighted by Gasteiger charge is -2.14. The third-order valence-corrected chi connectivity index (χ3v) is 3.47. The molecule has 0 saturated carbocycles. The number of phenolic OH excluding ortho intramolecular Hbond substituents is 3. The molecule has 0 spiro atoms. The van der Waals surface area contributed by atoms with Crippen molar-refractivity contribution >= 4 is 0 Å². The van der Waals surface area contributed by atoms with Crippen LogP contribution in [0.1, 0.15) is 16.7 Å². The maximum Gasteiger partial charge on any atom is 0.127 e. The first kappa shape index (κ1) is 12.3. The van der Waals surface area contributed by atoms with Crippen LogP contribution in [-0.4, -0.2) is 15.3 Å². The minimum atomic E-state index is 0.000697. The highest BCUT2D eigenvalue weighted by molar-refractivity contribution is 5.76. The van der Waals surface area contributed by atoms with E-state index in [1.807, 2.05) is 20.8 Å². The number of rotatable bonds is 1. The van der Waals surface area contributed by atoms with Crippen LogP contribution in [0.4, 0.5) is 0 Å². The molecule has 3 N–H and O–H groups in total. The Labute approximate surface area is 106 Å². The van der Waals surface area contributed by atoms with Gasteiger partial charge in [0.05, 0.1) is 0 Å². The number of hydrogen-bond donors (Lipinski definition) is 3. The molecule has 0 aliphatic heterocycles. The van der Waals surface area contributed by atoms with Gasteiger partial charge in [0.15, 0.2) is 0 Å². The van der Waals surface area contributed by atoms with E-state index in [0.717, 1.165) is 22.3 Å². The summed E-state index contributed by atoms with van der Waals surface area (Å²) in [7, 11) is 0. The summed E-state index contributed by atoms with van der Waals surface area (Å²) in [5, 5.41) is 29.1. The van der Waals surface area contributed by atoms with Gasteiger partial charge in [-0.2, -0.15) is 0 Å². The number of benzene rings is 2. The largest absolute Gasteiger partial charge is 0.508 e. The summed E-state index contributed by atoms with van der Waals surface area (Å²) in [4.78, 5) is 0. The van der Waals surface area contributed by atoms with Crippen LogP contribution in [0, 0.1) is 20.8 Å². The fourth-order valence-electron chi connectivity index (χ4n) is 2.06. The van der Waals surface area contributed by atoms with Crippen LogP contribution >= 0.6 is 0 Å². The molecule has 0 amide bonds. The van der Waals surface area contributed by atoms with Gasteiger partial charge >= 0.3 is 0 Å². The van der Waals surface area contributed by atoms with Gasteiger partial charge in [0.1, 0.15) is 17.2 Å². The molecule has 3 nitrogen and oxygen atoms in total. The smallest absolute Gasteiger partial charge is 0.127 e. The van der Waals surface area contributed by atoms with E-state index in [1.165, 1.54) is 12.1 Å². The Morgan fingerprint density at radius 2 is 1.33 bits per heavy atom. The van der Waals surface area contributed by atoms with E-state index < -0.39 is 0 Å². The first-order chi connectivity index (χ1) is 8.41. The molecule has 0 radical (unpaired) electrons. The highest BCUT2D eigenvalue weighted by Gasteiger charge is 2.13. The van der Waals surface area contributed by atoms with E-state index in [1.54, 1.807) is 12.1 Å². The summed E-state index contributed by atoms with van der Waals surface area (Å²) in [6.45, 7) is 5.74. The summed E-state index contributed by atoms with van der Waals surface area (Å²) in [6, 6.07) is 6.09. The maximum absolute atomic E-state index is 9.88. The van der Waals surface area contributed by atoms with Crippen LogP contribution in [0.3, 0.4) is 0 Å². The van der Waals surface area contributed by atoms with Gasteiger partial charge in [-0.25, -0.2) is 0 Å². The van der Waals surface area contributed by atoms with Crippen LogP contribution in [-0.2, 0) is 0 Å². The molecule has 0 aliphatic rings. The zero-order valence-corrected chi connectivity index (χ0v) is 10.7. The van der Waals surface area contributed by atoms with E-state index in [-0.39, 0.29) is 17.2 Å². The van der Waals surface area contributed by atoms with Crippen molar-refractivity contribution in [3.05, 3.63) is 41.0 Å². The van der Waals surface area contributed by atoms with Gasteiger partial charge in [-0.15, -0.1) is 0 Å². The minimum Gasteiger partial charge on any atom is -0.508 e. The molecular formula is C15H16O3. The number of phenols is 3. The Morgan fingerprint density at radius 1 is 0.667 bits per heavy atom. The van der Waals surface area contributed by atoms with Crippen LogP contribution in [0.2, 0.25) is 0 Å². The van der Waals surface area contributed by atoms with E-state index in [9.17, 15) is 15.3 Å². The van der Waals surface area contributed by atoms with Crippen molar-refractivity contribution < 1.29 is 15.3 Å². The first-order valence-corrected chi connectivity index (χ1v) is 5.74. The summed E-state index contributed by atoms with van der Waals surface area (Å²) in [5.41, 5.74) is 4.22. The maximum atomic E-state index is 9.88. The molecule has 2 rings (SSSR count). The average molecular weight is 244 g/mol. The molecule has 0 bridgehead atoms. The van der Waals surface area contributed by atoms with Crippen LogP contribution in [0.5, 0.6) is 17.2 Å². The third-order valence-electron chi connectivity index (χ3n) is 3.47. The highest BCUT2D eigenvalue weighted by Crippen LogP contribution is 2.38. The van der Waals surface area contributed by atoms with Crippen molar-refractivity contribution in [1.29, 1.82) is 0 Å². The SMILES string of the molecule is Cc1c(O)cc(-c2ccc(O)cc2O)c(C)c1C. The van der Waals surface area contributed by atoms with Gasteiger partial charge in [-0.3, -0.25) is 0 Å². The summed E-state index contributed by atoms with van der Waals surface area (Å²) in [5.74, 6) is 0.225. The van der Waals surface area contributed by atoms with Crippen molar-refractivity contribution in [1.82, 2.24) is 0 Å². The molecule has 94 valence electrons. The van der Waals surface area contributed by atoms with E-state index in [4.69, 9.17) is 0 Å². The zero-order valence-electron chi connectivity index (χ0n) is 10.7. The molecule has 3 heteroatoms. The summed E-state index contributed by atoms with van der Waals surface area (Å²) in [6.07, 6.45) is 0. The van der Waals surface area contributed by atoms with Crippen LogP contribution in [0.25, 0.3) is 11.1 Å². The average Bonchev–Trinajstić information content (AvgIpc) is 2.32.